The quantitative estimate of drug-likeness (QED) is 0.557. The number of nitro groups is 1. The van der Waals surface area contributed by atoms with E-state index >= 15 is 0 Å². The number of rotatable bonds is 4. The molecule has 11 nitrogen and oxygen atoms in total. The summed E-state index contributed by atoms with van der Waals surface area (Å²) < 4.78 is 11.8. The Kier molecular flexibility index (Phi) is 4.57. The topological polar surface area (TPSA) is 120 Å². The number of aryl methyl sites for hydroxylation is 2. The van der Waals surface area contributed by atoms with Crippen LogP contribution in [0.4, 0.5) is 5.69 Å². The highest BCUT2D eigenvalue weighted by molar-refractivity contribution is 5.98. The molecule has 0 bridgehead atoms. The van der Waals surface area contributed by atoms with Crippen molar-refractivity contribution in [3.8, 4) is 11.5 Å². The second-order valence-corrected chi connectivity index (χ2v) is 6.83. The second-order valence-electron chi connectivity index (χ2n) is 6.83. The van der Waals surface area contributed by atoms with Crippen molar-refractivity contribution in [2.75, 3.05) is 19.9 Å². The van der Waals surface area contributed by atoms with Crippen LogP contribution >= 0.6 is 0 Å². The maximum Gasteiger partial charge on any atom is 0.322 e. The summed E-state index contributed by atoms with van der Waals surface area (Å²) in [5.41, 5.74) is 0.391. The van der Waals surface area contributed by atoms with Gasteiger partial charge >= 0.3 is 5.69 Å². The van der Waals surface area contributed by atoms with Crippen LogP contribution < -0.4 is 9.47 Å². The molecule has 0 radical (unpaired) electrons. The lowest BCUT2D eigenvalue weighted by molar-refractivity contribution is -0.385. The summed E-state index contributed by atoms with van der Waals surface area (Å²) in [5, 5.41) is 18.0. The number of nitrogens with zero attached hydrogens (tertiary/aromatic N) is 5. The van der Waals surface area contributed by atoms with Gasteiger partial charge in [-0.05, 0) is 31.0 Å². The summed E-state index contributed by atoms with van der Waals surface area (Å²) in [6, 6.07) is 5.24. The summed E-state index contributed by atoms with van der Waals surface area (Å²) in [5.74, 6) is 0.302. The van der Waals surface area contributed by atoms with Gasteiger partial charge in [-0.1, -0.05) is 6.07 Å². The van der Waals surface area contributed by atoms with Crippen LogP contribution in [0.15, 0.2) is 18.2 Å². The van der Waals surface area contributed by atoms with E-state index in [1.54, 1.807) is 18.2 Å². The molecule has 2 amide bonds. The molecule has 0 spiro atoms. The first-order valence-electron chi connectivity index (χ1n) is 9.05. The predicted octanol–water partition coefficient (Wildman–Crippen LogP) is 1.20. The van der Waals surface area contributed by atoms with Gasteiger partial charge in [-0.3, -0.25) is 29.4 Å². The third kappa shape index (κ3) is 3.24. The molecule has 0 aliphatic carbocycles. The van der Waals surface area contributed by atoms with Crippen LogP contribution in [0.25, 0.3) is 0 Å². The average molecular weight is 401 g/mol. The molecule has 2 aromatic rings. The van der Waals surface area contributed by atoms with Crippen molar-refractivity contribution in [3.63, 3.8) is 0 Å². The van der Waals surface area contributed by atoms with Crippen molar-refractivity contribution >= 4 is 17.5 Å². The van der Waals surface area contributed by atoms with Crippen LogP contribution in [0.2, 0.25) is 0 Å². The van der Waals surface area contributed by atoms with E-state index in [0.717, 1.165) is 5.56 Å². The van der Waals surface area contributed by atoms with E-state index in [1.165, 1.54) is 28.7 Å². The minimum absolute atomic E-state index is 0.0624. The summed E-state index contributed by atoms with van der Waals surface area (Å²) >= 11 is 0. The van der Waals surface area contributed by atoms with Gasteiger partial charge in [0, 0.05) is 20.1 Å². The molecule has 11 heteroatoms. The number of hydrazine groups is 1. The van der Waals surface area contributed by atoms with E-state index in [-0.39, 0.29) is 36.2 Å². The van der Waals surface area contributed by atoms with Crippen molar-refractivity contribution in [1.29, 1.82) is 0 Å². The molecule has 1 aromatic heterocycles. The van der Waals surface area contributed by atoms with Gasteiger partial charge in [0.1, 0.15) is 5.69 Å². The number of benzene rings is 1. The smallest absolute Gasteiger partial charge is 0.322 e. The maximum absolute atomic E-state index is 13.1. The minimum atomic E-state index is -0.621. The summed E-state index contributed by atoms with van der Waals surface area (Å²) in [7, 11) is 1.47. The zero-order valence-corrected chi connectivity index (χ0v) is 16.0. The number of amides is 2. The average Bonchev–Trinajstić information content (AvgIpc) is 3.38. The fourth-order valence-electron chi connectivity index (χ4n) is 3.63. The van der Waals surface area contributed by atoms with Gasteiger partial charge in [0.05, 0.1) is 11.3 Å². The third-order valence-corrected chi connectivity index (χ3v) is 4.92. The third-order valence-electron chi connectivity index (χ3n) is 4.92. The minimum Gasteiger partial charge on any atom is -0.454 e. The van der Waals surface area contributed by atoms with Crippen LogP contribution in [0.3, 0.4) is 0 Å². The van der Waals surface area contributed by atoms with Gasteiger partial charge in [0.25, 0.3) is 5.91 Å². The van der Waals surface area contributed by atoms with Gasteiger partial charge in [-0.15, -0.1) is 0 Å². The Morgan fingerprint density at radius 3 is 2.69 bits per heavy atom. The Hall–Kier alpha value is -3.63. The standard InChI is InChI=1S/C18H19N5O6/c1-11-16(23(26)27)17(20(2)19-11)18(25)22-7-3-6-21(22)15(24)9-12-4-5-13-14(8-12)29-10-28-13/h4-5,8H,3,6-7,9-10H2,1-2H3. The zero-order valence-electron chi connectivity index (χ0n) is 16.0. The van der Waals surface area contributed by atoms with Crippen molar-refractivity contribution in [1.82, 2.24) is 19.8 Å². The van der Waals surface area contributed by atoms with Gasteiger partial charge in [-0.2, -0.15) is 5.10 Å². The van der Waals surface area contributed by atoms with Crippen LogP contribution in [-0.4, -0.2) is 56.4 Å². The number of carbonyl (C=O) groups is 2. The van der Waals surface area contributed by atoms with Crippen LogP contribution in [0, 0.1) is 17.0 Å². The van der Waals surface area contributed by atoms with Crippen molar-refractivity contribution < 1.29 is 24.0 Å². The first-order chi connectivity index (χ1) is 13.9. The van der Waals surface area contributed by atoms with Gasteiger partial charge < -0.3 is 9.47 Å². The van der Waals surface area contributed by atoms with E-state index in [9.17, 15) is 19.7 Å². The van der Waals surface area contributed by atoms with Crippen LogP contribution in [-0.2, 0) is 18.3 Å². The lowest BCUT2D eigenvalue weighted by Gasteiger charge is -2.27. The Balaban J connectivity index is 1.55. The molecule has 3 heterocycles. The normalized spacial score (nSPS) is 15.1. The number of hydrogen-bond donors (Lipinski definition) is 0. The molecule has 0 unspecified atom stereocenters. The Bertz CT molecular complexity index is 1020. The number of hydrogen-bond acceptors (Lipinski definition) is 7. The molecule has 2 aliphatic heterocycles. The largest absolute Gasteiger partial charge is 0.454 e. The summed E-state index contributed by atoms with van der Waals surface area (Å²) in [6.07, 6.45) is 0.649. The zero-order chi connectivity index (χ0) is 20.7. The summed E-state index contributed by atoms with van der Waals surface area (Å²) in [6.45, 7) is 2.28. The van der Waals surface area contributed by atoms with Crippen molar-refractivity contribution in [3.05, 3.63) is 45.3 Å². The first-order valence-corrected chi connectivity index (χ1v) is 9.05. The Morgan fingerprint density at radius 2 is 1.93 bits per heavy atom. The second kappa shape index (κ2) is 7.08. The number of fused-ring (bicyclic) bond motifs is 1. The predicted molar refractivity (Wildman–Crippen MR) is 98.2 cm³/mol. The fourth-order valence-corrected chi connectivity index (χ4v) is 3.63. The van der Waals surface area contributed by atoms with Crippen molar-refractivity contribution in [2.45, 2.75) is 19.8 Å². The fraction of sp³-hybridized carbons (Fsp3) is 0.389. The highest BCUT2D eigenvalue weighted by atomic mass is 16.7. The summed E-state index contributed by atoms with van der Waals surface area (Å²) in [4.78, 5) is 36.7. The van der Waals surface area contributed by atoms with Crippen molar-refractivity contribution in [2.24, 2.45) is 7.05 Å². The molecule has 152 valence electrons. The van der Waals surface area contributed by atoms with Crippen LogP contribution in [0.5, 0.6) is 11.5 Å². The highest BCUT2D eigenvalue weighted by Gasteiger charge is 2.38. The van der Waals surface area contributed by atoms with E-state index in [0.29, 0.717) is 31.0 Å². The lowest BCUT2D eigenvalue weighted by Crippen LogP contribution is -2.46. The molecular formula is C18H19N5O6. The molecule has 1 aromatic carbocycles. The molecule has 4 rings (SSSR count). The maximum atomic E-state index is 13.1. The Morgan fingerprint density at radius 1 is 1.21 bits per heavy atom. The van der Waals surface area contributed by atoms with Crippen LogP contribution in [0.1, 0.15) is 28.2 Å². The molecule has 0 atom stereocenters. The van der Waals surface area contributed by atoms with E-state index in [4.69, 9.17) is 9.47 Å². The molecule has 0 saturated carbocycles. The van der Waals surface area contributed by atoms with Gasteiger partial charge in [0.15, 0.2) is 11.5 Å². The number of aromatic nitrogens is 2. The molecule has 29 heavy (non-hydrogen) atoms. The highest BCUT2D eigenvalue weighted by Crippen LogP contribution is 2.33. The monoisotopic (exact) mass is 401 g/mol. The number of ether oxygens (including phenoxy) is 2. The lowest BCUT2D eigenvalue weighted by atomic mass is 10.1. The molecule has 2 aliphatic rings. The molecule has 1 fully saturated rings. The van der Waals surface area contributed by atoms with Gasteiger partial charge in [-0.25, -0.2) is 5.01 Å². The molecule has 1 saturated heterocycles. The molecular weight excluding hydrogens is 382 g/mol. The van der Waals surface area contributed by atoms with E-state index in [1.807, 2.05) is 0 Å². The van der Waals surface area contributed by atoms with E-state index in [2.05, 4.69) is 5.10 Å². The van der Waals surface area contributed by atoms with Gasteiger partial charge in [0.2, 0.25) is 18.4 Å². The Labute approximate surface area is 165 Å². The first kappa shape index (κ1) is 18.7. The SMILES string of the molecule is Cc1nn(C)c(C(=O)N2CCCN2C(=O)Cc2ccc3c(c2)OCO3)c1[N+](=O)[O-]. The molecule has 0 N–H and O–H groups in total. The van der Waals surface area contributed by atoms with E-state index < -0.39 is 10.8 Å². The number of carbonyl (C=O) groups excluding carboxylic acids is 2.